The molecule has 1 nitrogen and oxygen atoms in total. The Hall–Kier alpha value is -2.16. The molecular weight excluding hydrogens is 332 g/mol. The van der Waals surface area contributed by atoms with E-state index in [0.717, 1.165) is 13.0 Å². The van der Waals surface area contributed by atoms with Crippen molar-refractivity contribution in [2.45, 2.75) is 34.1 Å². The molecule has 26 heavy (non-hydrogen) atoms. The van der Waals surface area contributed by atoms with E-state index in [1.54, 1.807) is 0 Å². The molecule has 0 aliphatic rings. The van der Waals surface area contributed by atoms with Gasteiger partial charge in [-0.15, -0.1) is 0 Å². The standard InChI is InChI=1S/C24H28OSi/c1-5-18-25-26(22-12-6-19(2)7-13-22,23-14-8-20(3)9-15-23)24-16-10-21(4)11-17-24/h6-17H,5,18H2,1-4H3. The summed E-state index contributed by atoms with van der Waals surface area (Å²) in [6.45, 7) is 9.35. The van der Waals surface area contributed by atoms with Gasteiger partial charge in [0, 0.05) is 6.61 Å². The highest BCUT2D eigenvalue weighted by Crippen LogP contribution is 2.12. The van der Waals surface area contributed by atoms with Crippen molar-refractivity contribution in [2.75, 3.05) is 6.61 Å². The van der Waals surface area contributed by atoms with Crippen LogP contribution in [0.3, 0.4) is 0 Å². The molecule has 3 aromatic carbocycles. The fourth-order valence-corrected chi connectivity index (χ4v) is 7.29. The molecule has 0 saturated heterocycles. The van der Waals surface area contributed by atoms with Gasteiger partial charge in [0.15, 0.2) is 0 Å². The van der Waals surface area contributed by atoms with E-state index in [1.807, 2.05) is 0 Å². The van der Waals surface area contributed by atoms with Gasteiger partial charge in [0.05, 0.1) is 0 Å². The summed E-state index contributed by atoms with van der Waals surface area (Å²) in [6, 6.07) is 26.8. The first-order valence-corrected chi connectivity index (χ1v) is 11.3. The highest BCUT2D eigenvalue weighted by atomic mass is 28.4. The van der Waals surface area contributed by atoms with Crippen LogP contribution in [0.25, 0.3) is 0 Å². The average Bonchev–Trinajstić information content (AvgIpc) is 2.66. The summed E-state index contributed by atoms with van der Waals surface area (Å²) in [5.74, 6) is 0. The Labute approximate surface area is 158 Å². The highest BCUT2D eigenvalue weighted by molar-refractivity contribution is 7.07. The molecule has 0 radical (unpaired) electrons. The van der Waals surface area contributed by atoms with Crippen LogP contribution in [0.15, 0.2) is 72.8 Å². The molecule has 0 spiro atoms. The lowest BCUT2D eigenvalue weighted by atomic mass is 10.2. The Bertz CT molecular complexity index is 722. The third-order valence-electron chi connectivity index (χ3n) is 4.90. The van der Waals surface area contributed by atoms with Crippen LogP contribution in [0, 0.1) is 20.8 Å². The lowest BCUT2D eigenvalue weighted by molar-refractivity contribution is 0.323. The van der Waals surface area contributed by atoms with Crippen molar-refractivity contribution in [2.24, 2.45) is 0 Å². The molecule has 0 aliphatic carbocycles. The molecule has 0 aliphatic heterocycles. The first kappa shape index (κ1) is 18.6. The molecule has 0 bridgehead atoms. The molecule has 0 fully saturated rings. The van der Waals surface area contributed by atoms with Crippen LogP contribution in [0.2, 0.25) is 0 Å². The van der Waals surface area contributed by atoms with E-state index >= 15 is 0 Å². The molecule has 3 aromatic rings. The third-order valence-corrected chi connectivity index (χ3v) is 8.97. The molecule has 0 saturated carbocycles. The van der Waals surface area contributed by atoms with E-state index in [2.05, 4.69) is 100 Å². The largest absolute Gasteiger partial charge is 0.404 e. The van der Waals surface area contributed by atoms with Gasteiger partial charge in [-0.2, -0.15) is 0 Å². The molecule has 0 heterocycles. The van der Waals surface area contributed by atoms with Gasteiger partial charge in [-0.1, -0.05) is 96.4 Å². The van der Waals surface area contributed by atoms with Crippen molar-refractivity contribution in [1.29, 1.82) is 0 Å². The predicted octanol–water partition coefficient (Wildman–Crippen LogP) is 4.01. The van der Waals surface area contributed by atoms with Crippen molar-refractivity contribution in [3.63, 3.8) is 0 Å². The Morgan fingerprint density at radius 2 is 0.885 bits per heavy atom. The topological polar surface area (TPSA) is 9.23 Å². The molecular formula is C24H28OSi. The Balaban J connectivity index is 2.27. The van der Waals surface area contributed by atoms with E-state index < -0.39 is 8.32 Å². The van der Waals surface area contributed by atoms with Crippen molar-refractivity contribution < 1.29 is 4.43 Å². The maximum Gasteiger partial charge on any atom is 0.288 e. The minimum Gasteiger partial charge on any atom is -0.404 e. The summed E-state index contributed by atoms with van der Waals surface area (Å²) < 4.78 is 6.80. The van der Waals surface area contributed by atoms with Gasteiger partial charge in [-0.05, 0) is 42.8 Å². The molecule has 0 unspecified atom stereocenters. The summed E-state index contributed by atoms with van der Waals surface area (Å²) in [6.07, 6.45) is 1.01. The summed E-state index contributed by atoms with van der Waals surface area (Å²) in [7, 11) is -2.51. The van der Waals surface area contributed by atoms with Gasteiger partial charge in [0.2, 0.25) is 0 Å². The zero-order chi connectivity index (χ0) is 18.6. The lowest BCUT2D eigenvalue weighted by Crippen LogP contribution is -2.69. The summed E-state index contributed by atoms with van der Waals surface area (Å²) >= 11 is 0. The normalized spacial score (nSPS) is 11.5. The van der Waals surface area contributed by atoms with Gasteiger partial charge in [0.25, 0.3) is 8.32 Å². The zero-order valence-electron chi connectivity index (χ0n) is 16.3. The van der Waals surface area contributed by atoms with Crippen LogP contribution in [-0.2, 0) is 4.43 Å². The number of aryl methyl sites for hydroxylation is 3. The van der Waals surface area contributed by atoms with E-state index in [0.29, 0.717) is 0 Å². The van der Waals surface area contributed by atoms with Crippen LogP contribution in [0.5, 0.6) is 0 Å². The Morgan fingerprint density at radius 3 is 1.15 bits per heavy atom. The van der Waals surface area contributed by atoms with E-state index in [1.165, 1.54) is 32.3 Å². The lowest BCUT2D eigenvalue weighted by Gasteiger charge is -2.33. The fraction of sp³-hybridized carbons (Fsp3) is 0.250. The maximum absolute atomic E-state index is 6.80. The summed E-state index contributed by atoms with van der Waals surface area (Å²) in [5.41, 5.74) is 3.83. The zero-order valence-corrected chi connectivity index (χ0v) is 17.3. The minimum absolute atomic E-state index is 0.766. The summed E-state index contributed by atoms with van der Waals surface area (Å²) in [5, 5.41) is 3.93. The van der Waals surface area contributed by atoms with Gasteiger partial charge in [-0.3, -0.25) is 0 Å². The molecule has 0 amide bonds. The highest BCUT2D eigenvalue weighted by Gasteiger charge is 2.41. The Morgan fingerprint density at radius 1 is 0.577 bits per heavy atom. The fourth-order valence-electron chi connectivity index (χ4n) is 3.37. The minimum atomic E-state index is -2.51. The van der Waals surface area contributed by atoms with Crippen LogP contribution >= 0.6 is 0 Å². The van der Waals surface area contributed by atoms with Gasteiger partial charge in [-0.25, -0.2) is 0 Å². The van der Waals surface area contributed by atoms with E-state index in [4.69, 9.17) is 4.43 Å². The first-order valence-electron chi connectivity index (χ1n) is 9.41. The van der Waals surface area contributed by atoms with Gasteiger partial charge < -0.3 is 4.43 Å². The maximum atomic E-state index is 6.80. The van der Waals surface area contributed by atoms with Crippen molar-refractivity contribution >= 4 is 23.9 Å². The van der Waals surface area contributed by atoms with Gasteiger partial charge in [0.1, 0.15) is 0 Å². The van der Waals surface area contributed by atoms with Crippen LogP contribution in [0.4, 0.5) is 0 Å². The molecule has 134 valence electrons. The third kappa shape index (κ3) is 3.67. The van der Waals surface area contributed by atoms with Crippen LogP contribution in [0.1, 0.15) is 30.0 Å². The smallest absolute Gasteiger partial charge is 0.288 e. The monoisotopic (exact) mass is 360 g/mol. The molecule has 0 atom stereocenters. The molecule has 0 N–H and O–H groups in total. The number of hydrogen-bond donors (Lipinski definition) is 0. The molecule has 3 rings (SSSR count). The quantitative estimate of drug-likeness (QED) is 0.477. The molecule has 0 aromatic heterocycles. The van der Waals surface area contributed by atoms with E-state index in [-0.39, 0.29) is 0 Å². The van der Waals surface area contributed by atoms with Crippen LogP contribution < -0.4 is 15.6 Å². The van der Waals surface area contributed by atoms with Crippen molar-refractivity contribution in [3.8, 4) is 0 Å². The van der Waals surface area contributed by atoms with Gasteiger partial charge >= 0.3 is 0 Å². The first-order chi connectivity index (χ1) is 12.6. The number of hydrogen-bond acceptors (Lipinski definition) is 1. The Kier molecular flexibility index (Phi) is 5.75. The van der Waals surface area contributed by atoms with E-state index in [9.17, 15) is 0 Å². The van der Waals surface area contributed by atoms with Crippen LogP contribution in [-0.4, -0.2) is 14.9 Å². The number of benzene rings is 3. The summed E-state index contributed by atoms with van der Waals surface area (Å²) in [4.78, 5) is 0. The van der Waals surface area contributed by atoms with Crippen molar-refractivity contribution in [3.05, 3.63) is 89.5 Å². The van der Waals surface area contributed by atoms with Crippen molar-refractivity contribution in [1.82, 2.24) is 0 Å². The molecule has 2 heteroatoms. The second kappa shape index (κ2) is 8.03. The second-order valence-electron chi connectivity index (χ2n) is 7.13. The average molecular weight is 361 g/mol. The SMILES string of the molecule is CCCO[Si](c1ccc(C)cc1)(c1ccc(C)cc1)c1ccc(C)cc1. The number of rotatable bonds is 6. The second-order valence-corrected chi connectivity index (χ2v) is 10.5. The predicted molar refractivity (Wildman–Crippen MR) is 114 cm³/mol.